The van der Waals surface area contributed by atoms with Crippen LogP contribution in [0.4, 0.5) is 5.69 Å². The van der Waals surface area contributed by atoms with E-state index in [4.69, 9.17) is 4.74 Å². The third-order valence-electron chi connectivity index (χ3n) is 3.12. The molecule has 0 atom stereocenters. The van der Waals surface area contributed by atoms with Crippen molar-refractivity contribution in [3.8, 4) is 5.75 Å². The van der Waals surface area contributed by atoms with Crippen LogP contribution in [0.25, 0.3) is 0 Å². The molecule has 5 nitrogen and oxygen atoms in total. The molecule has 1 aliphatic carbocycles. The minimum atomic E-state index is -0.283. The highest BCUT2D eigenvalue weighted by Gasteiger charge is 2.26. The Balaban J connectivity index is 1.81. The second kappa shape index (κ2) is 5.13. The van der Waals surface area contributed by atoms with Crippen molar-refractivity contribution in [3.63, 3.8) is 0 Å². The number of benzene rings is 1. The van der Waals surface area contributed by atoms with Gasteiger partial charge in [-0.05, 0) is 12.1 Å². The molecule has 0 spiro atoms. The van der Waals surface area contributed by atoms with Crippen LogP contribution in [0.1, 0.15) is 6.42 Å². The molecule has 0 bridgehead atoms. The predicted molar refractivity (Wildman–Crippen MR) is 78.3 cm³/mol. The molecule has 100 valence electrons. The van der Waals surface area contributed by atoms with E-state index in [1.807, 2.05) is 30.4 Å². The van der Waals surface area contributed by atoms with Crippen molar-refractivity contribution >= 4 is 23.0 Å². The maximum atomic E-state index is 12.3. The molecular weight excluding hydrogens is 254 g/mol. The SMILES string of the molecule is COc1ccccc1NC(=O)C1=NN=C2CC=CC=C21. The number of nitrogens with zero attached hydrogens (tertiary/aromatic N) is 2. The molecule has 0 radical (unpaired) electrons. The Labute approximate surface area is 116 Å². The summed E-state index contributed by atoms with van der Waals surface area (Å²) in [6.07, 6.45) is 6.46. The summed E-state index contributed by atoms with van der Waals surface area (Å²) in [4.78, 5) is 12.3. The number of methoxy groups -OCH3 is 1. The first-order valence-electron chi connectivity index (χ1n) is 6.26. The van der Waals surface area contributed by atoms with Gasteiger partial charge < -0.3 is 10.1 Å². The first-order chi connectivity index (χ1) is 9.79. The monoisotopic (exact) mass is 267 g/mol. The third-order valence-corrected chi connectivity index (χ3v) is 3.12. The molecule has 0 aromatic heterocycles. The van der Waals surface area contributed by atoms with Gasteiger partial charge in [0.15, 0.2) is 5.71 Å². The number of amides is 1. The van der Waals surface area contributed by atoms with Crippen LogP contribution in [0.5, 0.6) is 5.75 Å². The molecule has 0 saturated heterocycles. The molecular formula is C15H13N3O2. The molecule has 1 aliphatic heterocycles. The summed E-state index contributed by atoms with van der Waals surface area (Å²) in [5.41, 5.74) is 2.58. The lowest BCUT2D eigenvalue weighted by molar-refractivity contribution is -0.110. The normalized spacial score (nSPS) is 15.9. The summed E-state index contributed by atoms with van der Waals surface area (Å²) < 4.78 is 5.21. The van der Waals surface area contributed by atoms with Crippen molar-refractivity contribution in [2.75, 3.05) is 12.4 Å². The molecule has 0 unspecified atom stereocenters. The summed E-state index contributed by atoms with van der Waals surface area (Å²) >= 11 is 0. The Bertz CT molecular complexity index is 684. The summed E-state index contributed by atoms with van der Waals surface area (Å²) in [6.45, 7) is 0. The molecule has 2 aliphatic rings. The molecule has 20 heavy (non-hydrogen) atoms. The molecule has 3 rings (SSSR count). The maximum absolute atomic E-state index is 12.3. The van der Waals surface area contributed by atoms with E-state index < -0.39 is 0 Å². The van der Waals surface area contributed by atoms with Crippen molar-refractivity contribution in [1.29, 1.82) is 0 Å². The number of nitrogens with one attached hydrogen (secondary N) is 1. The van der Waals surface area contributed by atoms with Gasteiger partial charge in [-0.1, -0.05) is 30.4 Å². The summed E-state index contributed by atoms with van der Waals surface area (Å²) in [6, 6.07) is 7.25. The van der Waals surface area contributed by atoms with E-state index in [0.717, 1.165) is 11.3 Å². The van der Waals surface area contributed by atoms with Crippen molar-refractivity contribution in [2.24, 2.45) is 10.2 Å². The fraction of sp³-hybridized carbons (Fsp3) is 0.133. The third kappa shape index (κ3) is 2.14. The molecule has 1 aromatic rings. The molecule has 1 amide bonds. The molecule has 0 saturated carbocycles. The fourth-order valence-electron chi connectivity index (χ4n) is 2.12. The van der Waals surface area contributed by atoms with Gasteiger partial charge in [0.1, 0.15) is 5.75 Å². The van der Waals surface area contributed by atoms with Crippen molar-refractivity contribution in [1.82, 2.24) is 0 Å². The van der Waals surface area contributed by atoms with Gasteiger partial charge in [-0.25, -0.2) is 0 Å². The van der Waals surface area contributed by atoms with Gasteiger partial charge in [-0.15, -0.1) is 5.10 Å². The van der Waals surface area contributed by atoms with Gasteiger partial charge in [0, 0.05) is 12.0 Å². The topological polar surface area (TPSA) is 63.0 Å². The fourth-order valence-corrected chi connectivity index (χ4v) is 2.12. The standard InChI is InChI=1S/C15H13N3O2/c1-20-13-9-5-4-8-12(13)16-15(19)14-10-6-2-3-7-11(10)17-18-14/h2-6,8-9H,7H2,1H3,(H,16,19). The first kappa shape index (κ1) is 12.3. The van der Waals surface area contributed by atoms with Crippen LogP contribution >= 0.6 is 0 Å². The number of hydrogen-bond acceptors (Lipinski definition) is 4. The minimum Gasteiger partial charge on any atom is -0.495 e. The number of carbonyl (C=O) groups excluding carboxylic acids is 1. The van der Waals surface area contributed by atoms with Gasteiger partial charge in [0.25, 0.3) is 5.91 Å². The van der Waals surface area contributed by atoms with Crippen molar-refractivity contribution in [3.05, 3.63) is 48.1 Å². The van der Waals surface area contributed by atoms with E-state index in [1.165, 1.54) is 0 Å². The van der Waals surface area contributed by atoms with Crippen LogP contribution in [0, 0.1) is 0 Å². The van der Waals surface area contributed by atoms with E-state index >= 15 is 0 Å². The van der Waals surface area contributed by atoms with Gasteiger partial charge in [0.05, 0.1) is 18.5 Å². The summed E-state index contributed by atoms with van der Waals surface area (Å²) in [5, 5.41) is 10.8. The maximum Gasteiger partial charge on any atom is 0.276 e. The smallest absolute Gasteiger partial charge is 0.276 e. The summed E-state index contributed by atoms with van der Waals surface area (Å²) in [7, 11) is 1.56. The highest BCUT2D eigenvalue weighted by Crippen LogP contribution is 2.24. The number of rotatable bonds is 3. The number of para-hydroxylation sites is 2. The van der Waals surface area contributed by atoms with Crippen LogP contribution in [0.15, 0.2) is 58.3 Å². The number of allylic oxidation sites excluding steroid dienone is 3. The molecule has 5 heteroatoms. The lowest BCUT2D eigenvalue weighted by Gasteiger charge is -2.11. The Morgan fingerprint density at radius 1 is 1.30 bits per heavy atom. The predicted octanol–water partition coefficient (Wildman–Crippen LogP) is 2.33. The molecule has 1 heterocycles. The minimum absolute atomic E-state index is 0.283. The van der Waals surface area contributed by atoms with E-state index in [1.54, 1.807) is 19.2 Å². The number of fused-ring (bicyclic) bond motifs is 1. The lowest BCUT2D eigenvalue weighted by Crippen LogP contribution is -2.25. The Hall–Kier alpha value is -2.69. The quantitative estimate of drug-likeness (QED) is 0.913. The number of hydrogen-bond donors (Lipinski definition) is 1. The zero-order valence-corrected chi connectivity index (χ0v) is 11.0. The van der Waals surface area contributed by atoms with E-state index in [-0.39, 0.29) is 5.91 Å². The van der Waals surface area contributed by atoms with Crippen molar-refractivity contribution < 1.29 is 9.53 Å². The average molecular weight is 267 g/mol. The Morgan fingerprint density at radius 3 is 3.00 bits per heavy atom. The Morgan fingerprint density at radius 2 is 2.15 bits per heavy atom. The van der Waals surface area contributed by atoms with E-state index in [0.29, 0.717) is 23.6 Å². The van der Waals surface area contributed by atoms with Crippen LogP contribution in [0.3, 0.4) is 0 Å². The molecule has 0 fully saturated rings. The van der Waals surface area contributed by atoms with Crippen LogP contribution in [-0.2, 0) is 4.79 Å². The highest BCUT2D eigenvalue weighted by atomic mass is 16.5. The van der Waals surface area contributed by atoms with Crippen molar-refractivity contribution in [2.45, 2.75) is 6.42 Å². The average Bonchev–Trinajstić information content (AvgIpc) is 2.92. The zero-order chi connectivity index (χ0) is 13.9. The van der Waals surface area contributed by atoms with Gasteiger partial charge in [-0.2, -0.15) is 5.10 Å². The largest absolute Gasteiger partial charge is 0.495 e. The molecule has 1 aromatic carbocycles. The number of carbonyl (C=O) groups is 1. The van der Waals surface area contributed by atoms with Crippen LogP contribution < -0.4 is 10.1 Å². The second-order valence-corrected chi connectivity index (χ2v) is 4.36. The van der Waals surface area contributed by atoms with E-state index in [9.17, 15) is 4.79 Å². The summed E-state index contributed by atoms with van der Waals surface area (Å²) in [5.74, 6) is 0.327. The first-order valence-corrected chi connectivity index (χ1v) is 6.26. The number of ether oxygens (including phenoxy) is 1. The zero-order valence-electron chi connectivity index (χ0n) is 11.0. The van der Waals surface area contributed by atoms with Gasteiger partial charge in [-0.3, -0.25) is 4.79 Å². The van der Waals surface area contributed by atoms with E-state index in [2.05, 4.69) is 15.5 Å². The highest BCUT2D eigenvalue weighted by molar-refractivity contribution is 6.56. The molecule has 1 N–H and O–H groups in total. The lowest BCUT2D eigenvalue weighted by atomic mass is 9.98. The number of anilines is 1. The second-order valence-electron chi connectivity index (χ2n) is 4.36. The van der Waals surface area contributed by atoms with Crippen LogP contribution in [0.2, 0.25) is 0 Å². The van der Waals surface area contributed by atoms with Gasteiger partial charge >= 0.3 is 0 Å². The Kier molecular flexibility index (Phi) is 3.16. The van der Waals surface area contributed by atoms with Gasteiger partial charge in [0.2, 0.25) is 0 Å². The van der Waals surface area contributed by atoms with Crippen LogP contribution in [-0.4, -0.2) is 24.4 Å².